The number of carbonyl (C=O) groups excluding carboxylic acids is 1. The molecule has 104 valence electrons. The molecule has 0 aromatic carbocycles. The Labute approximate surface area is 110 Å². The van der Waals surface area contributed by atoms with E-state index in [0.29, 0.717) is 13.2 Å². The molecule has 1 amide bonds. The van der Waals surface area contributed by atoms with Crippen LogP contribution in [-0.4, -0.2) is 31.2 Å². The molecule has 0 bridgehead atoms. The highest BCUT2D eigenvalue weighted by molar-refractivity contribution is 5.80. The molecular formula is C14H26N2O2. The van der Waals surface area contributed by atoms with Crippen LogP contribution in [0.1, 0.15) is 45.4 Å². The van der Waals surface area contributed by atoms with Crippen molar-refractivity contribution >= 4 is 5.91 Å². The standard InChI is InChI=1S/C14H26N2O2/c1-14(15)7-3-2-4-12(14)13(17)16-8-9-18-10-11-5-6-11/h11-12H,2-10,15H2,1H3,(H,16,17). The van der Waals surface area contributed by atoms with Crippen molar-refractivity contribution in [2.75, 3.05) is 19.8 Å². The third-order valence-electron chi connectivity index (χ3n) is 4.17. The monoisotopic (exact) mass is 254 g/mol. The van der Waals surface area contributed by atoms with E-state index in [4.69, 9.17) is 10.5 Å². The summed E-state index contributed by atoms with van der Waals surface area (Å²) in [5.74, 6) is 0.857. The molecule has 0 spiro atoms. The minimum Gasteiger partial charge on any atom is -0.379 e. The molecule has 18 heavy (non-hydrogen) atoms. The second-order valence-electron chi connectivity index (χ2n) is 6.11. The van der Waals surface area contributed by atoms with E-state index in [1.54, 1.807) is 0 Å². The van der Waals surface area contributed by atoms with Crippen LogP contribution in [0.15, 0.2) is 0 Å². The zero-order chi connectivity index (χ0) is 13.0. The Morgan fingerprint density at radius 2 is 2.17 bits per heavy atom. The molecule has 0 aliphatic heterocycles. The minimum absolute atomic E-state index is 0.0327. The van der Waals surface area contributed by atoms with E-state index < -0.39 is 0 Å². The third-order valence-corrected chi connectivity index (χ3v) is 4.17. The lowest BCUT2D eigenvalue weighted by Gasteiger charge is -2.37. The van der Waals surface area contributed by atoms with Crippen molar-refractivity contribution in [3.05, 3.63) is 0 Å². The number of rotatable bonds is 6. The molecule has 2 aliphatic carbocycles. The van der Waals surface area contributed by atoms with E-state index in [2.05, 4.69) is 5.32 Å². The van der Waals surface area contributed by atoms with Crippen molar-refractivity contribution in [3.8, 4) is 0 Å². The maximum Gasteiger partial charge on any atom is 0.225 e. The van der Waals surface area contributed by atoms with E-state index in [1.165, 1.54) is 12.8 Å². The molecule has 0 saturated heterocycles. The molecule has 2 saturated carbocycles. The smallest absolute Gasteiger partial charge is 0.225 e. The fourth-order valence-electron chi connectivity index (χ4n) is 2.69. The van der Waals surface area contributed by atoms with Gasteiger partial charge in [-0.1, -0.05) is 12.8 Å². The Morgan fingerprint density at radius 1 is 1.39 bits per heavy atom. The maximum atomic E-state index is 12.1. The van der Waals surface area contributed by atoms with E-state index >= 15 is 0 Å². The number of amides is 1. The molecule has 3 N–H and O–H groups in total. The van der Waals surface area contributed by atoms with Gasteiger partial charge in [-0.25, -0.2) is 0 Å². The number of nitrogens with one attached hydrogen (secondary N) is 1. The van der Waals surface area contributed by atoms with Gasteiger partial charge in [-0.15, -0.1) is 0 Å². The summed E-state index contributed by atoms with van der Waals surface area (Å²) < 4.78 is 5.50. The van der Waals surface area contributed by atoms with Gasteiger partial charge >= 0.3 is 0 Å². The molecule has 2 aliphatic rings. The zero-order valence-corrected chi connectivity index (χ0v) is 11.4. The lowest BCUT2D eigenvalue weighted by Crippen LogP contribution is -2.53. The van der Waals surface area contributed by atoms with E-state index in [9.17, 15) is 4.79 Å². The van der Waals surface area contributed by atoms with Crippen molar-refractivity contribution in [1.29, 1.82) is 0 Å². The Bertz CT molecular complexity index is 288. The van der Waals surface area contributed by atoms with E-state index in [-0.39, 0.29) is 17.4 Å². The van der Waals surface area contributed by atoms with Crippen molar-refractivity contribution in [3.63, 3.8) is 0 Å². The first kappa shape index (κ1) is 13.8. The van der Waals surface area contributed by atoms with Gasteiger partial charge < -0.3 is 15.8 Å². The van der Waals surface area contributed by atoms with Crippen molar-refractivity contribution in [2.45, 2.75) is 51.0 Å². The molecule has 0 radical (unpaired) electrons. The molecule has 0 heterocycles. The molecule has 0 aromatic rings. The van der Waals surface area contributed by atoms with Crippen LogP contribution in [0.4, 0.5) is 0 Å². The summed E-state index contributed by atoms with van der Waals surface area (Å²) in [7, 11) is 0. The number of nitrogens with two attached hydrogens (primary N) is 1. The summed E-state index contributed by atoms with van der Waals surface area (Å²) in [5, 5.41) is 2.96. The lowest BCUT2D eigenvalue weighted by molar-refractivity contribution is -0.128. The van der Waals surface area contributed by atoms with Crippen LogP contribution >= 0.6 is 0 Å². The van der Waals surface area contributed by atoms with E-state index in [0.717, 1.165) is 38.2 Å². The summed E-state index contributed by atoms with van der Waals surface area (Å²) in [6, 6.07) is 0. The highest BCUT2D eigenvalue weighted by Crippen LogP contribution is 2.31. The largest absolute Gasteiger partial charge is 0.379 e. The zero-order valence-electron chi connectivity index (χ0n) is 11.4. The minimum atomic E-state index is -0.336. The summed E-state index contributed by atoms with van der Waals surface area (Å²) in [5.41, 5.74) is 5.87. The summed E-state index contributed by atoms with van der Waals surface area (Å²) in [4.78, 5) is 12.1. The summed E-state index contributed by atoms with van der Waals surface area (Å²) in [6.07, 6.45) is 6.73. The van der Waals surface area contributed by atoms with E-state index in [1.807, 2.05) is 6.92 Å². The molecule has 2 unspecified atom stereocenters. The van der Waals surface area contributed by atoms with Crippen molar-refractivity contribution in [2.24, 2.45) is 17.6 Å². The van der Waals surface area contributed by atoms with Crippen LogP contribution in [0.2, 0.25) is 0 Å². The lowest BCUT2D eigenvalue weighted by atomic mass is 9.74. The van der Waals surface area contributed by atoms with Crippen LogP contribution in [-0.2, 0) is 9.53 Å². The first-order chi connectivity index (χ1) is 8.59. The first-order valence-electron chi connectivity index (χ1n) is 7.24. The molecule has 4 nitrogen and oxygen atoms in total. The predicted molar refractivity (Wildman–Crippen MR) is 71.1 cm³/mol. The molecule has 2 rings (SSSR count). The highest BCUT2D eigenvalue weighted by atomic mass is 16.5. The Hall–Kier alpha value is -0.610. The average molecular weight is 254 g/mol. The van der Waals surface area contributed by atoms with Gasteiger partial charge in [-0.3, -0.25) is 4.79 Å². The topological polar surface area (TPSA) is 64.4 Å². The normalized spacial score (nSPS) is 32.2. The Kier molecular flexibility index (Phi) is 4.62. The van der Waals surface area contributed by atoms with Crippen LogP contribution < -0.4 is 11.1 Å². The van der Waals surface area contributed by atoms with Gasteiger partial charge in [0, 0.05) is 18.7 Å². The van der Waals surface area contributed by atoms with Crippen molar-refractivity contribution in [1.82, 2.24) is 5.32 Å². The SMILES string of the molecule is CC1(N)CCCCC1C(=O)NCCOCC1CC1. The summed E-state index contributed by atoms with van der Waals surface area (Å²) >= 11 is 0. The van der Waals surface area contributed by atoms with Crippen LogP contribution in [0.25, 0.3) is 0 Å². The second-order valence-corrected chi connectivity index (χ2v) is 6.11. The van der Waals surface area contributed by atoms with Crippen LogP contribution in [0.3, 0.4) is 0 Å². The van der Waals surface area contributed by atoms with Gasteiger partial charge in [0.1, 0.15) is 0 Å². The second kappa shape index (κ2) is 6.02. The number of ether oxygens (including phenoxy) is 1. The molecule has 4 heteroatoms. The maximum absolute atomic E-state index is 12.1. The summed E-state index contributed by atoms with van der Waals surface area (Å²) in [6.45, 7) is 4.09. The fourth-order valence-corrected chi connectivity index (χ4v) is 2.69. The quantitative estimate of drug-likeness (QED) is 0.705. The number of hydrogen-bond acceptors (Lipinski definition) is 3. The van der Waals surface area contributed by atoms with Crippen molar-refractivity contribution < 1.29 is 9.53 Å². The fraction of sp³-hybridized carbons (Fsp3) is 0.929. The third kappa shape index (κ3) is 3.95. The van der Waals surface area contributed by atoms with Crippen LogP contribution in [0, 0.1) is 11.8 Å². The Morgan fingerprint density at radius 3 is 2.83 bits per heavy atom. The number of carbonyl (C=O) groups is 1. The molecule has 2 atom stereocenters. The van der Waals surface area contributed by atoms with Gasteiger partial charge in [0.15, 0.2) is 0 Å². The average Bonchev–Trinajstić information content (AvgIpc) is 3.11. The van der Waals surface area contributed by atoms with Gasteiger partial charge in [-0.2, -0.15) is 0 Å². The van der Waals surface area contributed by atoms with Gasteiger partial charge in [0.2, 0.25) is 5.91 Å². The van der Waals surface area contributed by atoms with Gasteiger partial charge in [0.05, 0.1) is 12.5 Å². The Balaban J connectivity index is 1.63. The first-order valence-corrected chi connectivity index (χ1v) is 7.24. The van der Waals surface area contributed by atoms with Gasteiger partial charge in [-0.05, 0) is 38.5 Å². The molecule has 0 aromatic heterocycles. The van der Waals surface area contributed by atoms with Gasteiger partial charge in [0.25, 0.3) is 0 Å². The number of hydrogen-bond donors (Lipinski definition) is 2. The predicted octanol–water partition coefficient (Wildman–Crippen LogP) is 1.44. The van der Waals surface area contributed by atoms with Crippen LogP contribution in [0.5, 0.6) is 0 Å². The molecule has 2 fully saturated rings. The molecular weight excluding hydrogens is 228 g/mol. The highest BCUT2D eigenvalue weighted by Gasteiger charge is 2.37.